The van der Waals surface area contributed by atoms with Crippen LogP contribution in [0, 0.1) is 5.82 Å². The molecule has 0 fully saturated rings. The van der Waals surface area contributed by atoms with E-state index in [2.05, 4.69) is 26.6 Å². The third-order valence-electron chi connectivity index (χ3n) is 2.93. The van der Waals surface area contributed by atoms with Crippen molar-refractivity contribution in [1.82, 2.24) is 10.6 Å². The van der Waals surface area contributed by atoms with E-state index in [1.165, 1.54) is 12.1 Å². The molecule has 0 saturated carbocycles. The quantitative estimate of drug-likeness (QED) is 0.825. The minimum atomic E-state index is -0.289. The van der Waals surface area contributed by atoms with Gasteiger partial charge in [0.25, 0.3) is 0 Å². The highest BCUT2D eigenvalue weighted by molar-refractivity contribution is 9.10. The van der Waals surface area contributed by atoms with Crippen molar-refractivity contribution < 1.29 is 9.18 Å². The van der Waals surface area contributed by atoms with Gasteiger partial charge in [0.2, 0.25) is 0 Å². The molecule has 0 aliphatic heterocycles. The SMILES string of the molecule is O=C(N/C=C/c1cccc(Br)c1)NCCc1cccc(F)c1. The van der Waals surface area contributed by atoms with Gasteiger partial charge in [-0.25, -0.2) is 9.18 Å². The molecular weight excluding hydrogens is 347 g/mol. The molecule has 0 saturated heterocycles. The molecule has 2 aromatic carbocycles. The summed E-state index contributed by atoms with van der Waals surface area (Å²) in [7, 11) is 0. The topological polar surface area (TPSA) is 41.1 Å². The van der Waals surface area contributed by atoms with Crippen molar-refractivity contribution >= 4 is 28.0 Å². The van der Waals surface area contributed by atoms with Gasteiger partial charge in [0, 0.05) is 17.2 Å². The van der Waals surface area contributed by atoms with E-state index in [9.17, 15) is 9.18 Å². The molecule has 2 rings (SSSR count). The minimum Gasteiger partial charge on any atom is -0.338 e. The maximum absolute atomic E-state index is 13.0. The van der Waals surface area contributed by atoms with E-state index >= 15 is 0 Å². The average Bonchev–Trinajstić information content (AvgIpc) is 2.47. The van der Waals surface area contributed by atoms with Crippen molar-refractivity contribution in [2.24, 2.45) is 0 Å². The summed E-state index contributed by atoms with van der Waals surface area (Å²) in [6.45, 7) is 0.444. The summed E-state index contributed by atoms with van der Waals surface area (Å²) in [5.41, 5.74) is 1.83. The Morgan fingerprint density at radius 1 is 1.18 bits per heavy atom. The molecule has 0 atom stereocenters. The van der Waals surface area contributed by atoms with E-state index in [1.807, 2.05) is 30.3 Å². The predicted molar refractivity (Wildman–Crippen MR) is 89.8 cm³/mol. The summed E-state index contributed by atoms with van der Waals surface area (Å²) in [6, 6.07) is 13.8. The Balaban J connectivity index is 1.72. The van der Waals surface area contributed by atoms with Crippen LogP contribution in [0.25, 0.3) is 6.08 Å². The molecule has 0 spiro atoms. The van der Waals surface area contributed by atoms with Gasteiger partial charge in [-0.05, 0) is 47.9 Å². The van der Waals surface area contributed by atoms with Crippen molar-refractivity contribution in [3.63, 3.8) is 0 Å². The zero-order valence-electron chi connectivity index (χ0n) is 11.9. The van der Waals surface area contributed by atoms with Crippen LogP contribution in [0.5, 0.6) is 0 Å². The Hall–Kier alpha value is -2.14. The highest BCUT2D eigenvalue weighted by Gasteiger charge is 1.98. The van der Waals surface area contributed by atoms with Gasteiger partial charge < -0.3 is 10.6 Å². The summed E-state index contributed by atoms with van der Waals surface area (Å²) < 4.78 is 14.0. The van der Waals surface area contributed by atoms with Crippen LogP contribution in [0.2, 0.25) is 0 Å². The van der Waals surface area contributed by atoms with Gasteiger partial charge in [-0.15, -0.1) is 0 Å². The van der Waals surface area contributed by atoms with Crippen LogP contribution in [-0.4, -0.2) is 12.6 Å². The van der Waals surface area contributed by atoms with Crippen LogP contribution in [0.1, 0.15) is 11.1 Å². The lowest BCUT2D eigenvalue weighted by Gasteiger charge is -2.05. The molecule has 114 valence electrons. The first-order valence-electron chi connectivity index (χ1n) is 6.84. The largest absolute Gasteiger partial charge is 0.338 e. The van der Waals surface area contributed by atoms with E-state index < -0.39 is 0 Å². The summed E-state index contributed by atoms with van der Waals surface area (Å²) in [4.78, 5) is 11.6. The second kappa shape index (κ2) is 8.34. The van der Waals surface area contributed by atoms with Crippen molar-refractivity contribution in [2.45, 2.75) is 6.42 Å². The molecule has 0 aliphatic rings. The van der Waals surface area contributed by atoms with Gasteiger partial charge in [-0.1, -0.05) is 40.2 Å². The van der Waals surface area contributed by atoms with Gasteiger partial charge in [-0.3, -0.25) is 0 Å². The molecule has 0 unspecified atom stereocenters. The molecule has 2 amide bonds. The van der Waals surface area contributed by atoms with E-state index in [4.69, 9.17) is 0 Å². The fourth-order valence-electron chi connectivity index (χ4n) is 1.89. The minimum absolute atomic E-state index is 0.265. The van der Waals surface area contributed by atoms with Crippen LogP contribution in [-0.2, 0) is 6.42 Å². The number of amides is 2. The van der Waals surface area contributed by atoms with Gasteiger partial charge in [0.05, 0.1) is 0 Å². The van der Waals surface area contributed by atoms with E-state index in [-0.39, 0.29) is 11.8 Å². The van der Waals surface area contributed by atoms with E-state index in [1.54, 1.807) is 18.3 Å². The molecule has 0 aliphatic carbocycles. The standard InChI is InChI=1S/C17H16BrFN2O/c18-15-5-1-3-13(11-15)7-9-20-17(22)21-10-8-14-4-2-6-16(19)12-14/h1-7,9,11-12H,8,10H2,(H2,20,21,22)/b9-7+. The van der Waals surface area contributed by atoms with Crippen LogP contribution in [0.3, 0.4) is 0 Å². The third kappa shape index (κ3) is 5.69. The lowest BCUT2D eigenvalue weighted by atomic mass is 10.1. The number of rotatable bonds is 5. The number of benzene rings is 2. The number of hydrogen-bond donors (Lipinski definition) is 2. The second-order valence-electron chi connectivity index (χ2n) is 4.67. The summed E-state index contributed by atoms with van der Waals surface area (Å²) in [5.74, 6) is -0.265. The Kier molecular flexibility index (Phi) is 6.15. The highest BCUT2D eigenvalue weighted by Crippen LogP contribution is 2.12. The molecule has 0 radical (unpaired) electrons. The van der Waals surface area contributed by atoms with Gasteiger partial charge in [-0.2, -0.15) is 0 Å². The lowest BCUT2D eigenvalue weighted by Crippen LogP contribution is -2.33. The van der Waals surface area contributed by atoms with E-state index in [0.717, 1.165) is 15.6 Å². The molecule has 0 aromatic heterocycles. The molecule has 3 nitrogen and oxygen atoms in total. The molecular formula is C17H16BrFN2O. The Labute approximate surface area is 137 Å². The number of urea groups is 1. The normalized spacial score (nSPS) is 10.6. The zero-order chi connectivity index (χ0) is 15.8. The molecule has 2 N–H and O–H groups in total. The zero-order valence-corrected chi connectivity index (χ0v) is 13.4. The number of carbonyl (C=O) groups excluding carboxylic acids is 1. The third-order valence-corrected chi connectivity index (χ3v) is 3.42. The van der Waals surface area contributed by atoms with Gasteiger partial charge in [0.1, 0.15) is 5.82 Å². The smallest absolute Gasteiger partial charge is 0.318 e. The highest BCUT2D eigenvalue weighted by atomic mass is 79.9. The molecule has 5 heteroatoms. The van der Waals surface area contributed by atoms with Crippen LogP contribution in [0.4, 0.5) is 9.18 Å². The number of nitrogens with one attached hydrogen (secondary N) is 2. The van der Waals surface area contributed by atoms with Gasteiger partial charge in [0.15, 0.2) is 0 Å². The van der Waals surface area contributed by atoms with Gasteiger partial charge >= 0.3 is 6.03 Å². The summed E-state index contributed by atoms with van der Waals surface area (Å²) in [6.07, 6.45) is 3.97. The van der Waals surface area contributed by atoms with Crippen molar-refractivity contribution in [3.8, 4) is 0 Å². The monoisotopic (exact) mass is 362 g/mol. The Morgan fingerprint density at radius 2 is 2.00 bits per heavy atom. The number of hydrogen-bond acceptors (Lipinski definition) is 1. The average molecular weight is 363 g/mol. The maximum Gasteiger partial charge on any atom is 0.318 e. The molecule has 0 heterocycles. The Morgan fingerprint density at radius 3 is 2.77 bits per heavy atom. The predicted octanol–water partition coefficient (Wildman–Crippen LogP) is 4.10. The Bertz CT molecular complexity index is 673. The lowest BCUT2D eigenvalue weighted by molar-refractivity contribution is 0.244. The first-order valence-corrected chi connectivity index (χ1v) is 7.64. The fraction of sp³-hybridized carbons (Fsp3) is 0.118. The van der Waals surface area contributed by atoms with Crippen molar-refractivity contribution in [2.75, 3.05) is 6.54 Å². The van der Waals surface area contributed by atoms with Crippen LogP contribution < -0.4 is 10.6 Å². The molecule has 2 aromatic rings. The van der Waals surface area contributed by atoms with Crippen molar-refractivity contribution in [1.29, 1.82) is 0 Å². The van der Waals surface area contributed by atoms with Crippen molar-refractivity contribution in [3.05, 3.63) is 76.1 Å². The molecule has 0 bridgehead atoms. The van der Waals surface area contributed by atoms with Crippen LogP contribution in [0.15, 0.2) is 59.2 Å². The molecule has 22 heavy (non-hydrogen) atoms. The fourth-order valence-corrected chi connectivity index (χ4v) is 2.30. The summed E-state index contributed by atoms with van der Waals surface area (Å²) in [5, 5.41) is 5.34. The summed E-state index contributed by atoms with van der Waals surface area (Å²) >= 11 is 3.38. The number of carbonyl (C=O) groups is 1. The van der Waals surface area contributed by atoms with E-state index in [0.29, 0.717) is 13.0 Å². The first kappa shape index (κ1) is 16.2. The number of halogens is 2. The maximum atomic E-state index is 13.0. The first-order chi connectivity index (χ1) is 10.6. The van der Waals surface area contributed by atoms with Crippen LogP contribution >= 0.6 is 15.9 Å². The second-order valence-corrected chi connectivity index (χ2v) is 5.58.